The van der Waals surface area contributed by atoms with Crippen molar-refractivity contribution in [1.82, 2.24) is 19.7 Å². The maximum atomic E-state index is 12.8. The zero-order valence-electron chi connectivity index (χ0n) is 18.3. The SMILES string of the molecule is Cc1ccc(-n2c(SCC(=O)N(C(C)C)C(C)C)nnc2N2CCCCC2)cc1. The lowest BCUT2D eigenvalue weighted by Gasteiger charge is -2.30. The second-order valence-electron chi connectivity index (χ2n) is 8.28. The molecule has 1 aromatic carbocycles. The number of aromatic nitrogens is 3. The maximum absolute atomic E-state index is 12.8. The lowest BCUT2D eigenvalue weighted by molar-refractivity contribution is -0.131. The van der Waals surface area contributed by atoms with Crippen molar-refractivity contribution in [2.45, 2.75) is 71.1 Å². The van der Waals surface area contributed by atoms with Gasteiger partial charge in [0.2, 0.25) is 11.9 Å². The number of aryl methyl sites for hydroxylation is 1. The molecule has 0 atom stereocenters. The number of nitrogens with zero attached hydrogens (tertiary/aromatic N) is 5. The van der Waals surface area contributed by atoms with Crippen LogP contribution in [0.3, 0.4) is 0 Å². The summed E-state index contributed by atoms with van der Waals surface area (Å²) in [7, 11) is 0. The Hall–Kier alpha value is -2.02. The van der Waals surface area contributed by atoms with E-state index in [1.807, 2.05) is 4.90 Å². The molecule has 2 heterocycles. The molecule has 0 spiro atoms. The molecular formula is C22H33N5OS. The summed E-state index contributed by atoms with van der Waals surface area (Å²) in [6.07, 6.45) is 3.63. The van der Waals surface area contributed by atoms with Gasteiger partial charge in [0, 0.05) is 25.2 Å². The molecule has 0 radical (unpaired) electrons. The minimum Gasteiger partial charge on any atom is -0.341 e. The number of amides is 1. The van der Waals surface area contributed by atoms with Crippen LogP contribution in [-0.4, -0.2) is 56.5 Å². The van der Waals surface area contributed by atoms with E-state index in [2.05, 4.69) is 78.5 Å². The number of carbonyl (C=O) groups excluding carboxylic acids is 1. The maximum Gasteiger partial charge on any atom is 0.233 e. The normalized spacial score (nSPS) is 14.7. The topological polar surface area (TPSA) is 54.3 Å². The van der Waals surface area contributed by atoms with Crippen LogP contribution < -0.4 is 4.90 Å². The Bertz CT molecular complexity index is 801. The van der Waals surface area contributed by atoms with E-state index in [9.17, 15) is 4.79 Å². The van der Waals surface area contributed by atoms with E-state index in [1.54, 1.807) is 0 Å². The van der Waals surface area contributed by atoms with E-state index in [4.69, 9.17) is 0 Å². The fourth-order valence-electron chi connectivity index (χ4n) is 3.95. The minimum atomic E-state index is 0.137. The lowest BCUT2D eigenvalue weighted by Crippen LogP contribution is -2.43. The molecule has 1 aliphatic heterocycles. The third kappa shape index (κ3) is 5.13. The van der Waals surface area contributed by atoms with Gasteiger partial charge in [-0.1, -0.05) is 29.5 Å². The monoisotopic (exact) mass is 415 g/mol. The van der Waals surface area contributed by atoms with E-state index in [-0.39, 0.29) is 18.0 Å². The Balaban J connectivity index is 1.87. The average molecular weight is 416 g/mol. The van der Waals surface area contributed by atoms with Gasteiger partial charge in [-0.05, 0) is 66.0 Å². The van der Waals surface area contributed by atoms with Crippen LogP contribution in [0.1, 0.15) is 52.5 Å². The van der Waals surface area contributed by atoms with Crippen molar-refractivity contribution in [1.29, 1.82) is 0 Å². The highest BCUT2D eigenvalue weighted by molar-refractivity contribution is 7.99. The van der Waals surface area contributed by atoms with E-state index >= 15 is 0 Å². The predicted octanol–water partition coefficient (Wildman–Crippen LogP) is 4.30. The van der Waals surface area contributed by atoms with Crippen molar-refractivity contribution in [3.05, 3.63) is 29.8 Å². The van der Waals surface area contributed by atoms with Gasteiger partial charge >= 0.3 is 0 Å². The van der Waals surface area contributed by atoms with Crippen molar-refractivity contribution in [3.8, 4) is 5.69 Å². The van der Waals surface area contributed by atoms with Gasteiger partial charge in [-0.3, -0.25) is 9.36 Å². The molecule has 1 amide bonds. The molecule has 1 saturated heterocycles. The van der Waals surface area contributed by atoms with Crippen LogP contribution >= 0.6 is 11.8 Å². The van der Waals surface area contributed by atoms with Crippen molar-refractivity contribution < 1.29 is 4.79 Å². The summed E-state index contributed by atoms with van der Waals surface area (Å²) in [5.41, 5.74) is 2.26. The number of benzene rings is 1. The fourth-order valence-corrected chi connectivity index (χ4v) is 4.76. The second kappa shape index (κ2) is 9.65. The molecule has 29 heavy (non-hydrogen) atoms. The standard InChI is InChI=1S/C22H33N5OS/c1-16(2)26(17(3)4)20(28)15-29-22-24-23-21(25-13-7-6-8-14-25)27(22)19-11-9-18(5)10-12-19/h9-12,16-17H,6-8,13-15H2,1-5H3. The van der Waals surface area contributed by atoms with Crippen molar-refractivity contribution >= 4 is 23.6 Å². The molecule has 0 saturated carbocycles. The van der Waals surface area contributed by atoms with Gasteiger partial charge in [-0.25, -0.2) is 0 Å². The largest absolute Gasteiger partial charge is 0.341 e. The van der Waals surface area contributed by atoms with Gasteiger partial charge in [0.1, 0.15) is 0 Å². The van der Waals surface area contributed by atoms with Gasteiger partial charge < -0.3 is 9.80 Å². The first-order chi connectivity index (χ1) is 13.9. The molecular weight excluding hydrogens is 382 g/mol. The zero-order valence-corrected chi connectivity index (χ0v) is 19.1. The molecule has 158 valence electrons. The summed E-state index contributed by atoms with van der Waals surface area (Å²) in [6.45, 7) is 12.3. The van der Waals surface area contributed by atoms with Crippen LogP contribution in [0.2, 0.25) is 0 Å². The second-order valence-corrected chi connectivity index (χ2v) is 9.22. The van der Waals surface area contributed by atoms with Crippen LogP contribution in [0.15, 0.2) is 29.4 Å². The molecule has 1 fully saturated rings. The smallest absolute Gasteiger partial charge is 0.233 e. The van der Waals surface area contributed by atoms with Gasteiger partial charge in [0.15, 0.2) is 5.16 Å². The van der Waals surface area contributed by atoms with Crippen molar-refractivity contribution in [3.63, 3.8) is 0 Å². The molecule has 0 unspecified atom stereocenters. The molecule has 1 aliphatic rings. The highest BCUT2D eigenvalue weighted by Crippen LogP contribution is 2.29. The minimum absolute atomic E-state index is 0.137. The molecule has 3 rings (SSSR count). The van der Waals surface area contributed by atoms with Gasteiger partial charge in [0.05, 0.1) is 11.4 Å². The Morgan fingerprint density at radius 1 is 1.03 bits per heavy atom. The molecule has 7 heteroatoms. The quantitative estimate of drug-likeness (QED) is 0.631. The molecule has 0 N–H and O–H groups in total. The number of anilines is 1. The van der Waals surface area contributed by atoms with E-state index in [0.29, 0.717) is 5.75 Å². The molecule has 0 bridgehead atoms. The van der Waals surface area contributed by atoms with E-state index in [1.165, 1.54) is 36.6 Å². The van der Waals surface area contributed by atoms with Gasteiger partial charge in [-0.15, -0.1) is 10.2 Å². The third-order valence-electron chi connectivity index (χ3n) is 5.27. The lowest BCUT2D eigenvalue weighted by atomic mass is 10.1. The Labute approximate surface area is 178 Å². The predicted molar refractivity (Wildman–Crippen MR) is 120 cm³/mol. The molecule has 2 aromatic rings. The molecule has 0 aliphatic carbocycles. The Kier molecular flexibility index (Phi) is 7.22. The van der Waals surface area contributed by atoms with Gasteiger partial charge in [-0.2, -0.15) is 0 Å². The highest BCUT2D eigenvalue weighted by Gasteiger charge is 2.24. The first kappa shape index (κ1) is 21.7. The zero-order chi connectivity index (χ0) is 21.0. The number of piperidine rings is 1. The first-order valence-electron chi connectivity index (χ1n) is 10.6. The van der Waals surface area contributed by atoms with E-state index in [0.717, 1.165) is 29.9 Å². The van der Waals surface area contributed by atoms with Crippen molar-refractivity contribution in [2.75, 3.05) is 23.7 Å². The average Bonchev–Trinajstić information content (AvgIpc) is 3.11. The number of hydrogen-bond donors (Lipinski definition) is 0. The summed E-state index contributed by atoms with van der Waals surface area (Å²) in [5.74, 6) is 1.38. The van der Waals surface area contributed by atoms with Crippen molar-refractivity contribution in [2.24, 2.45) is 0 Å². The van der Waals surface area contributed by atoms with Gasteiger partial charge in [0.25, 0.3) is 0 Å². The number of carbonyl (C=O) groups is 1. The summed E-state index contributed by atoms with van der Waals surface area (Å²) in [5, 5.41) is 9.77. The number of rotatable bonds is 7. The summed E-state index contributed by atoms with van der Waals surface area (Å²) < 4.78 is 2.11. The highest BCUT2D eigenvalue weighted by atomic mass is 32.2. The fraction of sp³-hybridized carbons (Fsp3) is 0.591. The Morgan fingerprint density at radius 3 is 2.24 bits per heavy atom. The first-order valence-corrected chi connectivity index (χ1v) is 11.6. The third-order valence-corrected chi connectivity index (χ3v) is 6.19. The van der Waals surface area contributed by atoms with Crippen LogP contribution in [0.4, 0.5) is 5.95 Å². The summed E-state index contributed by atoms with van der Waals surface area (Å²) in [6, 6.07) is 8.78. The summed E-state index contributed by atoms with van der Waals surface area (Å²) in [4.78, 5) is 17.1. The van der Waals surface area contributed by atoms with Crippen LogP contribution in [-0.2, 0) is 4.79 Å². The molecule has 1 aromatic heterocycles. The number of thioether (sulfide) groups is 1. The van der Waals surface area contributed by atoms with Crippen LogP contribution in [0, 0.1) is 6.92 Å². The summed E-state index contributed by atoms with van der Waals surface area (Å²) >= 11 is 1.47. The van der Waals surface area contributed by atoms with Crippen LogP contribution in [0.25, 0.3) is 5.69 Å². The number of hydrogen-bond acceptors (Lipinski definition) is 5. The molecule has 6 nitrogen and oxygen atoms in total. The Morgan fingerprint density at radius 2 is 1.66 bits per heavy atom. The van der Waals surface area contributed by atoms with Crippen LogP contribution in [0.5, 0.6) is 0 Å². The van der Waals surface area contributed by atoms with E-state index < -0.39 is 0 Å².